The molecule has 7 heteroatoms. The molecule has 1 amide bonds. The minimum Gasteiger partial charge on any atom is -0.497 e. The van der Waals surface area contributed by atoms with Gasteiger partial charge in [-0.15, -0.1) is 0 Å². The molecule has 0 aromatic heterocycles. The summed E-state index contributed by atoms with van der Waals surface area (Å²) in [6.07, 6.45) is 1.51. The molecular weight excluding hydrogens is 384 g/mol. The molecule has 23 heavy (non-hydrogen) atoms. The molecule has 0 bridgehead atoms. The Morgan fingerprint density at radius 1 is 1.35 bits per heavy atom. The molecule has 120 valence electrons. The monoisotopic (exact) mass is 396 g/mol. The lowest BCUT2D eigenvalue weighted by atomic mass is 10.2. The van der Waals surface area contributed by atoms with Crippen molar-refractivity contribution < 1.29 is 14.3 Å². The first-order chi connectivity index (χ1) is 11.1. The summed E-state index contributed by atoms with van der Waals surface area (Å²) in [4.78, 5) is 11.7. The highest BCUT2D eigenvalue weighted by molar-refractivity contribution is 9.10. The van der Waals surface area contributed by atoms with E-state index in [1.807, 2.05) is 12.1 Å². The van der Waals surface area contributed by atoms with Crippen molar-refractivity contribution in [1.82, 2.24) is 5.43 Å². The van der Waals surface area contributed by atoms with E-state index in [-0.39, 0.29) is 12.5 Å². The van der Waals surface area contributed by atoms with Gasteiger partial charge in [-0.25, -0.2) is 5.43 Å². The first-order valence-electron chi connectivity index (χ1n) is 6.63. The normalized spacial score (nSPS) is 10.6. The first kappa shape index (κ1) is 17.3. The van der Waals surface area contributed by atoms with Crippen molar-refractivity contribution in [1.29, 1.82) is 0 Å². The Bertz CT molecular complexity index is 722. The summed E-state index contributed by atoms with van der Waals surface area (Å²) < 4.78 is 11.3. The predicted molar refractivity (Wildman–Crippen MR) is 93.4 cm³/mol. The Labute approximate surface area is 147 Å². The Morgan fingerprint density at radius 3 is 2.87 bits per heavy atom. The maximum atomic E-state index is 11.7. The topological polar surface area (TPSA) is 59.9 Å². The predicted octanol–water partition coefficient (Wildman–Crippen LogP) is 3.64. The molecule has 1 N–H and O–H groups in total. The number of hydrazone groups is 1. The Kier molecular flexibility index (Phi) is 6.43. The van der Waals surface area contributed by atoms with Gasteiger partial charge in [-0.05, 0) is 30.3 Å². The summed E-state index contributed by atoms with van der Waals surface area (Å²) in [5.41, 5.74) is 3.16. The second-order valence-corrected chi connectivity index (χ2v) is 5.66. The third-order valence-electron chi connectivity index (χ3n) is 2.79. The van der Waals surface area contributed by atoms with Gasteiger partial charge < -0.3 is 9.47 Å². The minimum absolute atomic E-state index is 0.180. The molecule has 0 heterocycles. The Balaban J connectivity index is 1.88. The number of hydrogen-bond donors (Lipinski definition) is 1. The van der Waals surface area contributed by atoms with Crippen molar-refractivity contribution >= 4 is 39.7 Å². The molecule has 0 radical (unpaired) electrons. The van der Waals surface area contributed by atoms with Crippen molar-refractivity contribution in [3.05, 3.63) is 57.5 Å². The molecule has 0 aliphatic carbocycles. The molecule has 0 saturated carbocycles. The zero-order valence-electron chi connectivity index (χ0n) is 12.3. The largest absolute Gasteiger partial charge is 0.497 e. The molecule has 0 aliphatic heterocycles. The number of amides is 1. The molecule has 0 spiro atoms. The lowest BCUT2D eigenvalue weighted by Gasteiger charge is -2.06. The van der Waals surface area contributed by atoms with Crippen molar-refractivity contribution in [2.24, 2.45) is 5.10 Å². The van der Waals surface area contributed by atoms with Crippen molar-refractivity contribution in [2.75, 3.05) is 13.7 Å². The average Bonchev–Trinajstić information content (AvgIpc) is 2.56. The molecule has 5 nitrogen and oxygen atoms in total. The summed E-state index contributed by atoms with van der Waals surface area (Å²) in [5.74, 6) is 0.757. The van der Waals surface area contributed by atoms with Gasteiger partial charge in [-0.1, -0.05) is 39.7 Å². The van der Waals surface area contributed by atoms with Gasteiger partial charge in [0, 0.05) is 10.0 Å². The molecule has 0 fully saturated rings. The van der Waals surface area contributed by atoms with E-state index in [0.717, 1.165) is 10.0 Å². The van der Waals surface area contributed by atoms with E-state index in [1.165, 1.54) is 6.21 Å². The van der Waals surface area contributed by atoms with E-state index in [9.17, 15) is 4.79 Å². The van der Waals surface area contributed by atoms with Gasteiger partial charge in [0.15, 0.2) is 6.61 Å². The zero-order valence-corrected chi connectivity index (χ0v) is 14.6. The first-order valence-corrected chi connectivity index (χ1v) is 7.80. The number of methoxy groups -OCH3 is 1. The summed E-state index contributed by atoms with van der Waals surface area (Å²) in [6, 6.07) is 12.4. The van der Waals surface area contributed by atoms with E-state index in [0.29, 0.717) is 16.5 Å². The number of nitrogens with one attached hydrogen (secondary N) is 1. The number of hydrogen-bond acceptors (Lipinski definition) is 4. The second-order valence-electron chi connectivity index (χ2n) is 4.40. The number of rotatable bonds is 6. The minimum atomic E-state index is -0.389. The number of carbonyl (C=O) groups excluding carboxylic acids is 1. The van der Waals surface area contributed by atoms with E-state index >= 15 is 0 Å². The van der Waals surface area contributed by atoms with Crippen LogP contribution in [0.1, 0.15) is 5.56 Å². The molecule has 2 aromatic rings. The highest BCUT2D eigenvalue weighted by atomic mass is 79.9. The number of para-hydroxylation sites is 1. The molecule has 0 saturated heterocycles. The van der Waals surface area contributed by atoms with Gasteiger partial charge in [0.1, 0.15) is 11.5 Å². The quantitative estimate of drug-likeness (QED) is 0.598. The van der Waals surface area contributed by atoms with Crippen LogP contribution in [-0.4, -0.2) is 25.8 Å². The van der Waals surface area contributed by atoms with Crippen LogP contribution in [0, 0.1) is 0 Å². The number of benzene rings is 2. The molecule has 0 unspecified atom stereocenters. The van der Waals surface area contributed by atoms with E-state index in [2.05, 4.69) is 26.5 Å². The second kappa shape index (κ2) is 8.55. The van der Waals surface area contributed by atoms with Crippen molar-refractivity contribution in [3.63, 3.8) is 0 Å². The Hall–Kier alpha value is -2.05. The van der Waals surface area contributed by atoms with Crippen LogP contribution in [-0.2, 0) is 4.79 Å². The fourth-order valence-electron chi connectivity index (χ4n) is 1.66. The van der Waals surface area contributed by atoms with Gasteiger partial charge >= 0.3 is 0 Å². The third kappa shape index (κ3) is 5.26. The van der Waals surface area contributed by atoms with Crippen LogP contribution in [0.4, 0.5) is 0 Å². The lowest BCUT2D eigenvalue weighted by molar-refractivity contribution is -0.123. The number of ether oxygens (including phenoxy) is 2. The average molecular weight is 398 g/mol. The number of carbonyl (C=O) groups is 1. The molecule has 2 rings (SSSR count). The van der Waals surface area contributed by atoms with Crippen LogP contribution in [0.25, 0.3) is 0 Å². The highest BCUT2D eigenvalue weighted by Gasteiger charge is 2.04. The SMILES string of the molecule is COc1ccc(Br)c(/C=N\NC(=O)COc2ccccc2Cl)c1. The van der Waals surface area contributed by atoms with Gasteiger partial charge in [-0.3, -0.25) is 4.79 Å². The van der Waals surface area contributed by atoms with Crippen molar-refractivity contribution in [3.8, 4) is 11.5 Å². The third-order valence-corrected chi connectivity index (χ3v) is 3.83. The fraction of sp³-hybridized carbons (Fsp3) is 0.125. The maximum absolute atomic E-state index is 11.7. The van der Waals surface area contributed by atoms with Gasteiger partial charge in [0.05, 0.1) is 18.3 Å². The van der Waals surface area contributed by atoms with E-state index < -0.39 is 0 Å². The standard InChI is InChI=1S/C16H14BrClN2O3/c1-22-12-6-7-13(17)11(8-12)9-19-20-16(21)10-23-15-5-3-2-4-14(15)18/h2-9H,10H2,1H3,(H,20,21)/b19-9-. The van der Waals surface area contributed by atoms with Crippen LogP contribution in [0.2, 0.25) is 5.02 Å². The lowest BCUT2D eigenvalue weighted by Crippen LogP contribution is -2.24. The van der Waals surface area contributed by atoms with Crippen LogP contribution in [0.3, 0.4) is 0 Å². The maximum Gasteiger partial charge on any atom is 0.277 e. The van der Waals surface area contributed by atoms with Crippen LogP contribution < -0.4 is 14.9 Å². The van der Waals surface area contributed by atoms with Crippen LogP contribution in [0.5, 0.6) is 11.5 Å². The molecule has 0 aliphatic rings. The van der Waals surface area contributed by atoms with Crippen molar-refractivity contribution in [2.45, 2.75) is 0 Å². The molecule has 0 atom stereocenters. The van der Waals surface area contributed by atoms with Gasteiger partial charge in [0.25, 0.3) is 5.91 Å². The van der Waals surface area contributed by atoms with Crippen LogP contribution >= 0.6 is 27.5 Å². The summed E-state index contributed by atoms with van der Waals surface area (Å²) in [6.45, 7) is -0.180. The zero-order chi connectivity index (χ0) is 16.7. The summed E-state index contributed by atoms with van der Waals surface area (Å²) in [7, 11) is 1.58. The summed E-state index contributed by atoms with van der Waals surface area (Å²) >= 11 is 9.33. The number of halogens is 2. The van der Waals surface area contributed by atoms with E-state index in [1.54, 1.807) is 37.4 Å². The highest BCUT2D eigenvalue weighted by Crippen LogP contribution is 2.23. The molecule has 2 aromatic carbocycles. The van der Waals surface area contributed by atoms with E-state index in [4.69, 9.17) is 21.1 Å². The smallest absolute Gasteiger partial charge is 0.277 e. The van der Waals surface area contributed by atoms with Gasteiger partial charge in [-0.2, -0.15) is 5.10 Å². The Morgan fingerprint density at radius 2 is 2.13 bits per heavy atom. The summed E-state index contributed by atoms with van der Waals surface area (Å²) in [5, 5.41) is 4.34. The number of nitrogens with zero attached hydrogens (tertiary/aromatic N) is 1. The fourth-order valence-corrected chi connectivity index (χ4v) is 2.20. The molecular formula is C16H14BrClN2O3. The van der Waals surface area contributed by atoms with Crippen LogP contribution in [0.15, 0.2) is 52.0 Å². The van der Waals surface area contributed by atoms with Gasteiger partial charge in [0.2, 0.25) is 0 Å².